The van der Waals surface area contributed by atoms with Crippen LogP contribution in [0.2, 0.25) is 0 Å². The lowest BCUT2D eigenvalue weighted by atomic mass is 9.80. The standard InChI is InChI=1S/C53H45NS.C2H6/c1-33-17-18-36(20-19-35-13-7-8-14-37(35)29-33)39-22-27-48-45(31-39)44-30-38(34-11-5-4-6-12-34)21-26-47(44)54(48)40-23-24-41-42-25-28-50-51(43-15-9-10-16-49(43)55-50)52(42)53(2,3)46(41)32-40;1-2/h4-9,11-15,20-28,30-33H,10,16-19,29H2,1-3H3;1-2H3/b36-20+;. The van der Waals surface area contributed by atoms with Gasteiger partial charge in [-0.25, -0.2) is 0 Å². The molecule has 3 aliphatic rings. The summed E-state index contributed by atoms with van der Waals surface area (Å²) in [5.74, 6) is 0.648. The Hall–Kier alpha value is -5.44. The van der Waals surface area contributed by atoms with Gasteiger partial charge < -0.3 is 4.57 Å². The highest BCUT2D eigenvalue weighted by Gasteiger charge is 2.38. The van der Waals surface area contributed by atoms with E-state index in [0.717, 1.165) is 32.1 Å². The van der Waals surface area contributed by atoms with Gasteiger partial charge in [0.2, 0.25) is 0 Å². The number of thiophene rings is 1. The third-order valence-corrected chi connectivity index (χ3v) is 14.3. The molecular formula is C55H51NS. The van der Waals surface area contributed by atoms with E-state index in [4.69, 9.17) is 0 Å². The number of hydrogen-bond acceptors (Lipinski definition) is 1. The van der Waals surface area contributed by atoms with Crippen molar-refractivity contribution in [3.05, 3.63) is 172 Å². The number of hydrogen-bond donors (Lipinski definition) is 0. The first-order valence-electron chi connectivity index (χ1n) is 21.2. The second-order valence-corrected chi connectivity index (χ2v) is 17.9. The van der Waals surface area contributed by atoms with Gasteiger partial charge in [0, 0.05) is 36.8 Å². The molecule has 2 heterocycles. The van der Waals surface area contributed by atoms with Crippen LogP contribution in [0.4, 0.5) is 0 Å². The molecular weight excluding hydrogens is 707 g/mol. The molecule has 11 rings (SSSR count). The Labute approximate surface area is 342 Å². The van der Waals surface area contributed by atoms with E-state index >= 15 is 0 Å². The van der Waals surface area contributed by atoms with Gasteiger partial charge in [0.1, 0.15) is 0 Å². The lowest BCUT2D eigenvalue weighted by molar-refractivity contribution is 0.539. The van der Waals surface area contributed by atoms with Crippen molar-refractivity contribution in [3.63, 3.8) is 0 Å². The molecule has 282 valence electrons. The Morgan fingerprint density at radius 3 is 2.21 bits per heavy atom. The molecule has 0 bridgehead atoms. The maximum atomic E-state index is 2.53. The van der Waals surface area contributed by atoms with Crippen molar-refractivity contribution in [2.45, 2.75) is 78.6 Å². The zero-order valence-electron chi connectivity index (χ0n) is 34.0. The first-order chi connectivity index (χ1) is 27.9. The predicted octanol–water partition coefficient (Wildman–Crippen LogP) is 15.6. The molecule has 0 spiro atoms. The van der Waals surface area contributed by atoms with E-state index in [1.54, 1.807) is 4.88 Å². The average molecular weight is 758 g/mol. The van der Waals surface area contributed by atoms with Crippen LogP contribution in [0.3, 0.4) is 0 Å². The van der Waals surface area contributed by atoms with E-state index in [9.17, 15) is 0 Å². The van der Waals surface area contributed by atoms with Crippen LogP contribution in [-0.4, -0.2) is 4.57 Å². The summed E-state index contributed by atoms with van der Waals surface area (Å²) >= 11 is 2.00. The molecule has 6 aromatic carbocycles. The highest BCUT2D eigenvalue weighted by atomic mass is 32.1. The van der Waals surface area contributed by atoms with Gasteiger partial charge in [0.25, 0.3) is 0 Å². The monoisotopic (exact) mass is 757 g/mol. The minimum atomic E-state index is -0.119. The molecule has 1 atom stereocenters. The van der Waals surface area contributed by atoms with Crippen molar-refractivity contribution < 1.29 is 0 Å². The Bertz CT molecular complexity index is 2910. The van der Waals surface area contributed by atoms with Crippen LogP contribution in [0, 0.1) is 5.92 Å². The zero-order valence-corrected chi connectivity index (χ0v) is 34.8. The quantitative estimate of drug-likeness (QED) is 0.169. The summed E-state index contributed by atoms with van der Waals surface area (Å²) in [5.41, 5.74) is 19.1. The average Bonchev–Trinajstić information content (AvgIpc) is 3.88. The molecule has 2 heteroatoms. The fourth-order valence-electron chi connectivity index (χ4n) is 10.2. The maximum absolute atomic E-state index is 2.53. The van der Waals surface area contributed by atoms with E-state index in [1.807, 2.05) is 25.2 Å². The number of allylic oxidation sites excluding steroid dienone is 3. The fraction of sp³-hybridized carbons (Fsp3) is 0.236. The molecule has 2 aromatic heterocycles. The van der Waals surface area contributed by atoms with Gasteiger partial charge in [-0.15, -0.1) is 11.3 Å². The van der Waals surface area contributed by atoms with Crippen LogP contribution in [-0.2, 0) is 24.7 Å². The summed E-state index contributed by atoms with van der Waals surface area (Å²) in [6, 6.07) is 46.4. The summed E-state index contributed by atoms with van der Waals surface area (Å²) in [4.78, 5) is 1.54. The van der Waals surface area contributed by atoms with Crippen LogP contribution < -0.4 is 0 Å². The lowest BCUT2D eigenvalue weighted by Crippen LogP contribution is -2.16. The molecule has 1 nitrogen and oxygen atoms in total. The van der Waals surface area contributed by atoms with Gasteiger partial charge in [0.15, 0.2) is 0 Å². The lowest BCUT2D eigenvalue weighted by Gasteiger charge is -2.24. The number of aromatic nitrogens is 1. The van der Waals surface area contributed by atoms with Crippen molar-refractivity contribution in [1.29, 1.82) is 0 Å². The predicted molar refractivity (Wildman–Crippen MR) is 248 cm³/mol. The van der Waals surface area contributed by atoms with E-state index in [0.29, 0.717) is 5.92 Å². The van der Waals surface area contributed by atoms with Crippen molar-refractivity contribution in [2.24, 2.45) is 5.92 Å². The number of nitrogens with zero attached hydrogens (tertiary/aromatic N) is 1. The highest BCUT2D eigenvalue weighted by Crippen LogP contribution is 2.54. The third kappa shape index (κ3) is 5.87. The second kappa shape index (κ2) is 14.2. The van der Waals surface area contributed by atoms with Crippen LogP contribution in [0.15, 0.2) is 133 Å². The van der Waals surface area contributed by atoms with Crippen LogP contribution >= 0.6 is 11.3 Å². The van der Waals surface area contributed by atoms with Crippen molar-refractivity contribution >= 4 is 54.9 Å². The molecule has 0 saturated carbocycles. The fourth-order valence-corrected chi connectivity index (χ4v) is 11.4. The Morgan fingerprint density at radius 1 is 0.684 bits per heavy atom. The zero-order chi connectivity index (χ0) is 38.8. The molecule has 0 radical (unpaired) electrons. The molecule has 0 fully saturated rings. The van der Waals surface area contributed by atoms with E-state index in [2.05, 4.69) is 165 Å². The molecule has 3 aliphatic carbocycles. The highest BCUT2D eigenvalue weighted by molar-refractivity contribution is 7.19. The molecule has 8 aromatic rings. The summed E-state index contributed by atoms with van der Waals surface area (Å²) in [5, 5.41) is 4.11. The van der Waals surface area contributed by atoms with Crippen molar-refractivity contribution in [2.75, 3.05) is 0 Å². The Morgan fingerprint density at radius 2 is 1.40 bits per heavy atom. The molecule has 0 amide bonds. The third-order valence-electron chi connectivity index (χ3n) is 13.0. The maximum Gasteiger partial charge on any atom is 0.0541 e. The summed E-state index contributed by atoms with van der Waals surface area (Å²) in [7, 11) is 0. The number of benzene rings is 6. The number of rotatable bonds is 3. The van der Waals surface area contributed by atoms with Gasteiger partial charge >= 0.3 is 0 Å². The summed E-state index contributed by atoms with van der Waals surface area (Å²) in [6.45, 7) is 11.3. The minimum Gasteiger partial charge on any atom is -0.309 e. The smallest absolute Gasteiger partial charge is 0.0541 e. The molecule has 0 N–H and O–H groups in total. The van der Waals surface area contributed by atoms with Gasteiger partial charge in [-0.2, -0.15) is 0 Å². The number of aryl methyl sites for hydroxylation is 1. The summed E-state index contributed by atoms with van der Waals surface area (Å²) < 4.78 is 3.96. The summed E-state index contributed by atoms with van der Waals surface area (Å²) in [6.07, 6.45) is 14.0. The van der Waals surface area contributed by atoms with Crippen LogP contribution in [0.25, 0.3) is 71.5 Å². The van der Waals surface area contributed by atoms with Gasteiger partial charge in [0.05, 0.1) is 11.0 Å². The molecule has 57 heavy (non-hydrogen) atoms. The van der Waals surface area contributed by atoms with Gasteiger partial charge in [-0.05, 0) is 148 Å². The SMILES string of the molecule is CC.CC1CC/C(c2ccc3c(c2)c2cc(-c4ccccc4)ccc2n3-c2ccc3c(c2)C(C)(C)c2c-3ccc3sc4c(c23)C=CCC4)=C\Cc2ccccc2C1. The second-order valence-electron chi connectivity index (χ2n) is 16.8. The molecule has 0 saturated heterocycles. The minimum absolute atomic E-state index is 0.119. The topological polar surface area (TPSA) is 4.93 Å². The largest absolute Gasteiger partial charge is 0.309 e. The van der Waals surface area contributed by atoms with Crippen molar-refractivity contribution in [1.82, 2.24) is 4.57 Å². The van der Waals surface area contributed by atoms with Crippen LogP contribution in [0.5, 0.6) is 0 Å². The molecule has 0 aliphatic heterocycles. The Balaban J connectivity index is 0.00000195. The first-order valence-corrected chi connectivity index (χ1v) is 22.0. The van der Waals surface area contributed by atoms with Gasteiger partial charge in [-0.3, -0.25) is 0 Å². The van der Waals surface area contributed by atoms with Crippen molar-refractivity contribution in [3.8, 4) is 27.9 Å². The number of fused-ring (bicyclic) bond motifs is 11. The van der Waals surface area contributed by atoms with Crippen LogP contribution in [0.1, 0.15) is 92.1 Å². The molecule has 1 unspecified atom stereocenters. The van der Waals surface area contributed by atoms with E-state index in [1.165, 1.54) is 105 Å². The van der Waals surface area contributed by atoms with E-state index < -0.39 is 0 Å². The first kappa shape index (κ1) is 35.9. The van der Waals surface area contributed by atoms with E-state index in [-0.39, 0.29) is 5.41 Å². The normalized spacial score (nSPS) is 17.7. The van der Waals surface area contributed by atoms with Gasteiger partial charge in [-0.1, -0.05) is 132 Å². The Kier molecular flexibility index (Phi) is 8.94.